The van der Waals surface area contributed by atoms with E-state index in [1.165, 1.54) is 15.9 Å². The molecule has 3 heterocycles. The largest absolute Gasteiger partial charge is 0.755 e. The Morgan fingerprint density at radius 2 is 1.75 bits per heavy atom. The first-order valence-electron chi connectivity index (χ1n) is 20.6. The zero-order valence-electron chi connectivity index (χ0n) is 34.6. The van der Waals surface area contributed by atoms with Crippen molar-refractivity contribution < 1.29 is 50.6 Å². The summed E-state index contributed by atoms with van der Waals surface area (Å²) < 4.78 is 77.8. The number of fused-ring (bicyclic) bond motifs is 1. The number of hydrogen-bond donors (Lipinski definition) is 1. The highest BCUT2D eigenvalue weighted by atomic mass is 32.2. The molecule has 17 heteroatoms. The van der Waals surface area contributed by atoms with Gasteiger partial charge in [0.2, 0.25) is 17.7 Å². The fraction of sp³-hybridized carbons (Fsp3) is 0.523. The van der Waals surface area contributed by atoms with E-state index in [1.54, 1.807) is 52.1 Å². The zero-order valence-corrected chi connectivity index (χ0v) is 35.4. The second-order valence-electron chi connectivity index (χ2n) is 17.6. The first kappa shape index (κ1) is 44.0. The number of carbonyl (C=O) groups is 4. The molecule has 2 saturated carbocycles. The van der Waals surface area contributed by atoms with Crippen molar-refractivity contribution in [3.63, 3.8) is 0 Å². The van der Waals surface area contributed by atoms with Gasteiger partial charge in [-0.2, -0.15) is 13.2 Å². The Balaban J connectivity index is 1.20. The maximum absolute atomic E-state index is 14.9. The fourth-order valence-electron chi connectivity index (χ4n) is 8.62. The quantitative estimate of drug-likeness (QED) is 0.162. The van der Waals surface area contributed by atoms with Crippen LogP contribution in [-0.4, -0.2) is 108 Å². The molecule has 1 unspecified atom stereocenters. The molecule has 1 N–H and O–H groups in total. The van der Waals surface area contributed by atoms with E-state index in [2.05, 4.69) is 11.9 Å². The van der Waals surface area contributed by atoms with Crippen LogP contribution < -0.4 is 14.8 Å². The van der Waals surface area contributed by atoms with Gasteiger partial charge in [-0.05, 0) is 49.7 Å². The number of ether oxygens (including phenoxy) is 2. The average molecular weight is 867 g/mol. The number of halogens is 3. The van der Waals surface area contributed by atoms with Crippen molar-refractivity contribution in [2.45, 2.75) is 95.6 Å². The minimum atomic E-state index is -4.36. The second kappa shape index (κ2) is 17.0. The number of likely N-dealkylation sites (tertiary alicyclic amines) is 2. The van der Waals surface area contributed by atoms with Crippen molar-refractivity contribution in [1.82, 2.24) is 24.4 Å². The van der Waals surface area contributed by atoms with E-state index < -0.39 is 88.0 Å². The number of nitrogens with one attached hydrogen (secondary N) is 1. The molecule has 1 aromatic heterocycles. The predicted molar refractivity (Wildman–Crippen MR) is 219 cm³/mol. The Bertz CT molecular complexity index is 2210. The molecule has 328 valence electrons. The third-order valence-corrected chi connectivity index (χ3v) is 13.3. The Morgan fingerprint density at radius 3 is 2.33 bits per heavy atom. The summed E-state index contributed by atoms with van der Waals surface area (Å²) in [4.78, 5) is 64.8. The molecule has 2 aliphatic heterocycles. The number of carbonyl (C=O) groups excluding carboxylic acids is 4. The normalized spacial score (nSPS) is 24.2. The Labute approximate surface area is 355 Å². The summed E-state index contributed by atoms with van der Waals surface area (Å²) in [7, 11) is 1.54. The summed E-state index contributed by atoms with van der Waals surface area (Å²) in [6.45, 7) is 8.86. The van der Waals surface area contributed by atoms with Gasteiger partial charge >= 0.3 is 6.18 Å². The van der Waals surface area contributed by atoms with Crippen molar-refractivity contribution in [2.75, 3.05) is 26.7 Å². The summed E-state index contributed by atoms with van der Waals surface area (Å²) in [6, 6.07) is 14.8. The minimum Gasteiger partial charge on any atom is -0.755 e. The maximum atomic E-state index is 14.9. The lowest BCUT2D eigenvalue weighted by Gasteiger charge is -2.38. The van der Waals surface area contributed by atoms with Crippen LogP contribution in [0.4, 0.5) is 13.2 Å². The minimum absolute atomic E-state index is 0.0309. The molecule has 3 aromatic rings. The Hall–Kier alpha value is -5.03. The molecule has 6 atom stereocenters. The number of piperidine rings is 1. The van der Waals surface area contributed by atoms with Gasteiger partial charge in [-0.1, -0.05) is 57.2 Å². The van der Waals surface area contributed by atoms with Crippen LogP contribution in [0.25, 0.3) is 22.2 Å². The molecule has 7 rings (SSSR count). The summed E-state index contributed by atoms with van der Waals surface area (Å²) in [5.74, 6) is -4.55. The number of benzene rings is 2. The van der Waals surface area contributed by atoms with E-state index in [9.17, 15) is 41.1 Å². The van der Waals surface area contributed by atoms with Crippen LogP contribution in [0.2, 0.25) is 0 Å². The molecule has 4 amide bonds. The lowest BCUT2D eigenvalue weighted by atomic mass is 9.77. The lowest BCUT2D eigenvalue weighted by Crippen LogP contribution is -2.57. The van der Waals surface area contributed by atoms with Crippen molar-refractivity contribution in [3.05, 3.63) is 67.3 Å². The van der Waals surface area contributed by atoms with Gasteiger partial charge in [0.05, 0.1) is 48.0 Å². The van der Waals surface area contributed by atoms with E-state index in [0.717, 1.165) is 9.87 Å². The van der Waals surface area contributed by atoms with Gasteiger partial charge in [0.25, 0.3) is 5.91 Å². The second-order valence-corrected chi connectivity index (χ2v) is 18.5. The molecule has 4 fully saturated rings. The van der Waals surface area contributed by atoms with E-state index in [4.69, 9.17) is 14.5 Å². The van der Waals surface area contributed by atoms with Gasteiger partial charge in [-0.15, -0.1) is 6.58 Å². The number of nitrogens with zero attached hydrogens (tertiary/aromatic N) is 4. The van der Waals surface area contributed by atoms with Crippen molar-refractivity contribution >= 4 is 45.8 Å². The number of rotatable bonds is 13. The monoisotopic (exact) mass is 866 g/mol. The molecule has 0 bridgehead atoms. The highest BCUT2D eigenvalue weighted by Crippen LogP contribution is 2.48. The fourth-order valence-corrected chi connectivity index (χ4v) is 9.37. The van der Waals surface area contributed by atoms with Gasteiger partial charge in [0.1, 0.15) is 29.2 Å². The molecule has 13 nitrogen and oxygen atoms in total. The third-order valence-electron chi connectivity index (χ3n) is 12.5. The third kappa shape index (κ3) is 9.27. The predicted octanol–water partition coefficient (Wildman–Crippen LogP) is 5.96. The number of aromatic nitrogens is 1. The smallest absolute Gasteiger partial charge is 0.391 e. The van der Waals surface area contributed by atoms with Gasteiger partial charge in [-0.3, -0.25) is 27.7 Å². The van der Waals surface area contributed by atoms with Crippen LogP contribution in [0.1, 0.15) is 65.7 Å². The van der Waals surface area contributed by atoms with Crippen molar-refractivity contribution in [3.8, 4) is 22.8 Å². The average Bonchev–Trinajstić information content (AvgIpc) is 4.15. The van der Waals surface area contributed by atoms with Gasteiger partial charge in [0, 0.05) is 61.0 Å². The summed E-state index contributed by atoms with van der Waals surface area (Å²) in [5, 5.41) is 3.48. The highest BCUT2D eigenvalue weighted by molar-refractivity contribution is 7.77. The van der Waals surface area contributed by atoms with E-state index >= 15 is 0 Å². The van der Waals surface area contributed by atoms with Crippen molar-refractivity contribution in [2.24, 2.45) is 23.2 Å². The van der Waals surface area contributed by atoms with Gasteiger partial charge < -0.3 is 29.1 Å². The number of hydrogen-bond acceptors (Lipinski definition) is 9. The number of amides is 4. The van der Waals surface area contributed by atoms with Crippen LogP contribution >= 0.6 is 0 Å². The van der Waals surface area contributed by atoms with Crippen molar-refractivity contribution in [1.29, 1.82) is 0 Å². The molecule has 0 radical (unpaired) electrons. The Kier molecular flexibility index (Phi) is 12.3. The van der Waals surface area contributed by atoms with Crippen LogP contribution in [-0.2, 0) is 30.4 Å². The number of pyridine rings is 1. The first-order valence-corrected chi connectivity index (χ1v) is 21.6. The molecular formula is C44H51F3N5O8S-. The number of alkyl halides is 3. The molecule has 4 aliphatic rings. The summed E-state index contributed by atoms with van der Waals surface area (Å²) in [5.41, 5.74) is -0.452. The standard InChI is InChI=1S/C44H52F3N5O8S/c1-6-27-24-43(27,41(56)52(61(57)58)29-12-13-29)49-39(54)36-21-31(60-37-23-34(26-10-8-7-9-11-26)48-35-20-30(59-5)14-15-32(35)37)25-51(36)40(55)33(42(2,3)4)22-38(53)50-18-16-28(17-19-50)44(45,46)47/h6-11,14-15,20,23,27-29,31,33,36H,1,12-13,16-19,21-22,24-25H2,2-5H3,(H,49,54)(H,57,58)/p-1/t27-,31-,33-,36+,43-/m1/s1. The molecule has 2 aliphatic carbocycles. The van der Waals surface area contributed by atoms with E-state index in [1.807, 2.05) is 30.3 Å². The van der Waals surface area contributed by atoms with Crippen LogP contribution in [0.3, 0.4) is 0 Å². The molecule has 2 aromatic carbocycles. The van der Waals surface area contributed by atoms with Crippen LogP contribution in [0.15, 0.2) is 67.3 Å². The molecule has 2 saturated heterocycles. The van der Waals surface area contributed by atoms with Crippen LogP contribution in [0.5, 0.6) is 11.5 Å². The topological polar surface area (TPSA) is 162 Å². The van der Waals surface area contributed by atoms with E-state index in [0.29, 0.717) is 40.9 Å². The Morgan fingerprint density at radius 1 is 1.07 bits per heavy atom. The maximum Gasteiger partial charge on any atom is 0.391 e. The lowest BCUT2D eigenvalue weighted by molar-refractivity contribution is -0.186. The number of methoxy groups -OCH3 is 1. The zero-order chi connectivity index (χ0) is 44.0. The van der Waals surface area contributed by atoms with Gasteiger partial charge in [0.15, 0.2) is 0 Å². The van der Waals surface area contributed by atoms with Gasteiger partial charge in [-0.25, -0.2) is 4.98 Å². The van der Waals surface area contributed by atoms with E-state index in [-0.39, 0.29) is 51.7 Å². The van der Waals surface area contributed by atoms with Crippen LogP contribution in [0, 0.1) is 23.2 Å². The molecule has 61 heavy (non-hydrogen) atoms. The SMILES string of the molecule is C=C[C@@H]1C[C@]1(NC(=O)[C@@H]1C[C@@H](Oc2cc(-c3ccccc3)nc3cc(OC)ccc23)CN1C(=O)[C@@H](CC(=O)N1CCC(C(F)(F)F)CC1)C(C)(C)C)C(=O)N(C1CC1)S(=O)[O-]. The summed E-state index contributed by atoms with van der Waals surface area (Å²) >= 11 is -2.89. The molecule has 0 spiro atoms. The molecular weight excluding hydrogens is 816 g/mol. The first-order chi connectivity index (χ1) is 28.8. The highest BCUT2D eigenvalue weighted by Gasteiger charge is 2.63. The summed E-state index contributed by atoms with van der Waals surface area (Å²) in [6.07, 6.45) is -3.34.